The molecular formula is C27H19FN8O. The summed E-state index contributed by atoms with van der Waals surface area (Å²) in [5.41, 5.74) is 5.32. The molecule has 0 radical (unpaired) electrons. The summed E-state index contributed by atoms with van der Waals surface area (Å²) in [6.45, 7) is 0. The van der Waals surface area contributed by atoms with Gasteiger partial charge in [-0.2, -0.15) is 5.10 Å². The van der Waals surface area contributed by atoms with Gasteiger partial charge in [-0.1, -0.05) is 6.07 Å². The minimum absolute atomic E-state index is 0.0311. The molecule has 5 heterocycles. The average Bonchev–Trinajstić information content (AvgIpc) is 3.56. The molecule has 0 spiro atoms. The number of pyridine rings is 3. The van der Waals surface area contributed by atoms with Gasteiger partial charge in [-0.25, -0.2) is 9.37 Å². The molecule has 1 fully saturated rings. The Balaban J connectivity index is 1.31. The molecule has 7 rings (SSSR count). The first-order chi connectivity index (χ1) is 18.1. The van der Waals surface area contributed by atoms with Crippen LogP contribution in [0.5, 0.6) is 0 Å². The molecule has 1 aliphatic carbocycles. The number of aromatic nitrogens is 7. The predicted molar refractivity (Wildman–Crippen MR) is 137 cm³/mol. The topological polar surface area (TPSA) is 125 Å². The highest BCUT2D eigenvalue weighted by molar-refractivity contribution is 5.98. The largest absolute Gasteiger partial charge is 0.336 e. The second-order valence-corrected chi connectivity index (χ2v) is 9.03. The fraction of sp³-hybridized carbons (Fsp3) is 0.111. The molecule has 6 aromatic rings. The average molecular weight is 491 g/mol. The summed E-state index contributed by atoms with van der Waals surface area (Å²) in [6.07, 6.45) is 8.34. The van der Waals surface area contributed by atoms with Gasteiger partial charge in [0.15, 0.2) is 5.82 Å². The van der Waals surface area contributed by atoms with Crippen molar-refractivity contribution in [2.24, 2.45) is 5.92 Å². The first-order valence-corrected chi connectivity index (χ1v) is 11.8. The van der Waals surface area contributed by atoms with Crippen LogP contribution < -0.4 is 5.32 Å². The van der Waals surface area contributed by atoms with Crippen molar-refractivity contribution < 1.29 is 9.18 Å². The lowest BCUT2D eigenvalue weighted by atomic mass is 10.0. The Morgan fingerprint density at radius 3 is 2.76 bits per heavy atom. The number of amides is 1. The van der Waals surface area contributed by atoms with Crippen LogP contribution in [-0.2, 0) is 4.79 Å². The molecule has 1 amide bonds. The maximum Gasteiger partial charge on any atom is 0.227 e. The van der Waals surface area contributed by atoms with E-state index in [0.717, 1.165) is 18.4 Å². The zero-order valence-corrected chi connectivity index (χ0v) is 19.4. The van der Waals surface area contributed by atoms with Crippen molar-refractivity contribution in [2.45, 2.75) is 12.8 Å². The summed E-state index contributed by atoms with van der Waals surface area (Å²) in [5, 5.41) is 10.9. The number of H-pyrrole nitrogens is 2. The van der Waals surface area contributed by atoms with Gasteiger partial charge in [-0.15, -0.1) is 0 Å². The van der Waals surface area contributed by atoms with Gasteiger partial charge >= 0.3 is 0 Å². The number of hydrogen-bond donors (Lipinski definition) is 3. The zero-order chi connectivity index (χ0) is 24.9. The van der Waals surface area contributed by atoms with Crippen LogP contribution in [0.2, 0.25) is 0 Å². The molecule has 1 aromatic carbocycles. The zero-order valence-electron chi connectivity index (χ0n) is 19.4. The number of aromatic amines is 2. The normalized spacial score (nSPS) is 13.3. The summed E-state index contributed by atoms with van der Waals surface area (Å²) in [4.78, 5) is 33.4. The molecule has 0 bridgehead atoms. The van der Waals surface area contributed by atoms with E-state index in [1.807, 2.05) is 24.3 Å². The van der Waals surface area contributed by atoms with Gasteiger partial charge in [0, 0.05) is 47.1 Å². The van der Waals surface area contributed by atoms with Crippen LogP contribution in [0.3, 0.4) is 0 Å². The highest BCUT2D eigenvalue weighted by atomic mass is 19.1. The second kappa shape index (κ2) is 8.30. The van der Waals surface area contributed by atoms with E-state index >= 15 is 4.39 Å². The Morgan fingerprint density at radius 2 is 1.92 bits per heavy atom. The summed E-state index contributed by atoms with van der Waals surface area (Å²) in [5.74, 6) is 0.118. The number of carbonyl (C=O) groups is 1. The van der Waals surface area contributed by atoms with Crippen molar-refractivity contribution in [3.05, 3.63) is 73.1 Å². The van der Waals surface area contributed by atoms with Crippen molar-refractivity contribution >= 4 is 33.5 Å². The van der Waals surface area contributed by atoms with Crippen molar-refractivity contribution in [2.75, 3.05) is 5.32 Å². The molecule has 5 aromatic heterocycles. The van der Waals surface area contributed by atoms with Gasteiger partial charge in [-0.05, 0) is 43.2 Å². The molecule has 10 heteroatoms. The molecule has 1 saturated carbocycles. The fourth-order valence-electron chi connectivity index (χ4n) is 4.42. The first kappa shape index (κ1) is 21.3. The van der Waals surface area contributed by atoms with Crippen LogP contribution in [0.25, 0.3) is 56.0 Å². The number of anilines is 1. The van der Waals surface area contributed by atoms with E-state index in [1.165, 1.54) is 6.07 Å². The van der Waals surface area contributed by atoms with E-state index in [0.29, 0.717) is 56.1 Å². The van der Waals surface area contributed by atoms with E-state index in [1.54, 1.807) is 36.9 Å². The predicted octanol–water partition coefficient (Wildman–Crippen LogP) is 5.11. The third kappa shape index (κ3) is 3.79. The number of imidazole rings is 1. The van der Waals surface area contributed by atoms with Crippen LogP contribution in [0, 0.1) is 11.7 Å². The lowest BCUT2D eigenvalue weighted by molar-refractivity contribution is -0.117. The number of benzene rings is 1. The monoisotopic (exact) mass is 490 g/mol. The Bertz CT molecular complexity index is 1810. The van der Waals surface area contributed by atoms with Gasteiger partial charge in [0.05, 0.1) is 28.6 Å². The van der Waals surface area contributed by atoms with Crippen molar-refractivity contribution in [1.82, 2.24) is 35.1 Å². The SMILES string of the molecule is O=C(Nc1cncc(-c2cc3c(-c4nc5c(-c6ccccn6)nccc5[nH]4)n[nH]c3cc2F)c1)C1CC1. The van der Waals surface area contributed by atoms with E-state index < -0.39 is 5.82 Å². The van der Waals surface area contributed by atoms with Crippen molar-refractivity contribution in [1.29, 1.82) is 0 Å². The van der Waals surface area contributed by atoms with Gasteiger partial charge in [0.2, 0.25) is 5.91 Å². The Labute approximate surface area is 209 Å². The minimum atomic E-state index is -0.429. The van der Waals surface area contributed by atoms with E-state index in [-0.39, 0.29) is 11.8 Å². The van der Waals surface area contributed by atoms with Gasteiger partial charge in [-0.3, -0.25) is 24.8 Å². The summed E-state index contributed by atoms with van der Waals surface area (Å²) in [6, 6.07) is 12.3. The Hall–Kier alpha value is -4.99. The molecule has 0 aliphatic heterocycles. The molecule has 9 nitrogen and oxygen atoms in total. The lowest BCUT2D eigenvalue weighted by Gasteiger charge is -2.08. The number of hydrogen-bond acceptors (Lipinski definition) is 6. The third-order valence-electron chi connectivity index (χ3n) is 6.45. The Morgan fingerprint density at radius 1 is 1.00 bits per heavy atom. The van der Waals surface area contributed by atoms with Crippen LogP contribution in [0.1, 0.15) is 12.8 Å². The van der Waals surface area contributed by atoms with Gasteiger partial charge in [0.1, 0.15) is 22.7 Å². The highest BCUT2D eigenvalue weighted by Crippen LogP contribution is 2.34. The second-order valence-electron chi connectivity index (χ2n) is 9.03. The van der Waals surface area contributed by atoms with E-state index in [9.17, 15) is 4.79 Å². The maximum atomic E-state index is 15.2. The number of nitrogens with one attached hydrogen (secondary N) is 3. The van der Waals surface area contributed by atoms with Crippen molar-refractivity contribution in [3.8, 4) is 34.0 Å². The van der Waals surface area contributed by atoms with Crippen LogP contribution in [-0.4, -0.2) is 41.0 Å². The molecular weight excluding hydrogens is 471 g/mol. The minimum Gasteiger partial charge on any atom is -0.336 e. The van der Waals surface area contributed by atoms with Crippen LogP contribution >= 0.6 is 0 Å². The maximum absolute atomic E-state index is 15.2. The lowest BCUT2D eigenvalue weighted by Crippen LogP contribution is -2.13. The molecule has 1 aliphatic rings. The third-order valence-corrected chi connectivity index (χ3v) is 6.45. The summed E-state index contributed by atoms with van der Waals surface area (Å²) < 4.78 is 15.2. The molecule has 0 atom stereocenters. The number of fused-ring (bicyclic) bond motifs is 2. The van der Waals surface area contributed by atoms with Gasteiger partial charge < -0.3 is 10.3 Å². The summed E-state index contributed by atoms with van der Waals surface area (Å²) in [7, 11) is 0. The van der Waals surface area contributed by atoms with Crippen LogP contribution in [0.4, 0.5) is 10.1 Å². The van der Waals surface area contributed by atoms with Crippen LogP contribution in [0.15, 0.2) is 67.3 Å². The molecule has 0 unspecified atom stereocenters. The standard InChI is InChI=1S/C27H19FN8O/c28-19-11-22-18(10-17(19)15-9-16(13-29-12-15)32-27(37)14-4-5-14)23(36-35-22)26-33-21-6-8-31-24(25(21)34-26)20-3-1-2-7-30-20/h1-3,6-14H,4-5H2,(H,32,37)(H,33,34)(H,35,36). The van der Waals surface area contributed by atoms with E-state index in [2.05, 4.69) is 35.5 Å². The van der Waals surface area contributed by atoms with E-state index in [4.69, 9.17) is 4.98 Å². The summed E-state index contributed by atoms with van der Waals surface area (Å²) >= 11 is 0. The van der Waals surface area contributed by atoms with Gasteiger partial charge in [0.25, 0.3) is 0 Å². The number of rotatable bonds is 5. The molecule has 0 saturated heterocycles. The van der Waals surface area contributed by atoms with Crippen molar-refractivity contribution in [3.63, 3.8) is 0 Å². The highest BCUT2D eigenvalue weighted by Gasteiger charge is 2.29. The number of carbonyl (C=O) groups excluding carboxylic acids is 1. The molecule has 180 valence electrons. The number of nitrogens with zero attached hydrogens (tertiary/aromatic N) is 5. The first-order valence-electron chi connectivity index (χ1n) is 11.8. The molecule has 3 N–H and O–H groups in total. The fourth-order valence-corrected chi connectivity index (χ4v) is 4.42. The number of halogens is 1. The smallest absolute Gasteiger partial charge is 0.227 e. The Kier molecular flexibility index (Phi) is 4.78. The molecule has 37 heavy (non-hydrogen) atoms. The quantitative estimate of drug-likeness (QED) is 0.308.